The van der Waals surface area contributed by atoms with Gasteiger partial charge in [-0.2, -0.15) is 0 Å². The Hall–Kier alpha value is -1.92. The van der Waals surface area contributed by atoms with Gasteiger partial charge in [-0.3, -0.25) is 0 Å². The second-order valence-electron chi connectivity index (χ2n) is 10.9. The predicted molar refractivity (Wildman–Crippen MR) is 219 cm³/mol. The SMILES string of the molecule is CS(=O)(=O)SCCNC(=O)OCOCC(COCC(COCOC(=O)NCCSS(C)(=O)=O)OCOC(=O)NCCSS(C)(=O)=O)OCOC(=O)NCCSS(C)(=O)=O. The molecule has 0 heterocycles. The third kappa shape index (κ3) is 42.6. The fourth-order valence-electron chi connectivity index (χ4n) is 3.13. The first-order valence-electron chi connectivity index (χ1n) is 16.4. The average Bonchev–Trinajstić information content (AvgIpc) is 3.10. The zero-order valence-corrected chi connectivity index (χ0v) is 38.8. The van der Waals surface area contributed by atoms with Gasteiger partial charge in [-0.25, -0.2) is 52.8 Å². The summed E-state index contributed by atoms with van der Waals surface area (Å²) in [5, 5.41) is 9.34. The molecular weight excluding hydrogens is 961 g/mol. The fraction of sp³-hybridized carbons (Fsp3) is 0.846. The van der Waals surface area contributed by atoms with E-state index >= 15 is 0 Å². The van der Waals surface area contributed by atoms with Gasteiger partial charge in [-0.1, -0.05) is 0 Å². The maximum atomic E-state index is 12.0. The van der Waals surface area contributed by atoms with Crippen molar-refractivity contribution < 1.29 is 95.5 Å². The van der Waals surface area contributed by atoms with Crippen LogP contribution in [0.4, 0.5) is 19.2 Å². The highest BCUT2D eigenvalue weighted by atomic mass is 33.2. The molecule has 59 heavy (non-hydrogen) atoms. The highest BCUT2D eigenvalue weighted by Crippen LogP contribution is 2.10. The Bertz CT molecular complexity index is 1570. The summed E-state index contributed by atoms with van der Waals surface area (Å²) in [6, 6.07) is 0. The van der Waals surface area contributed by atoms with Crippen LogP contribution in [-0.4, -0.2) is 198 Å². The van der Waals surface area contributed by atoms with E-state index in [0.717, 1.165) is 25.0 Å². The van der Waals surface area contributed by atoms with Crippen LogP contribution in [0.2, 0.25) is 0 Å². The number of nitrogens with one attached hydrogen (secondary N) is 4. The van der Waals surface area contributed by atoms with Gasteiger partial charge in [0, 0.05) is 74.2 Å². The molecule has 0 fully saturated rings. The van der Waals surface area contributed by atoms with Crippen LogP contribution in [0.1, 0.15) is 0 Å². The molecule has 0 rings (SSSR count). The van der Waals surface area contributed by atoms with Crippen molar-refractivity contribution in [1.82, 2.24) is 21.3 Å². The van der Waals surface area contributed by atoms with Crippen molar-refractivity contribution in [2.75, 3.05) is 128 Å². The molecule has 4 N–H and O–H groups in total. The van der Waals surface area contributed by atoms with E-state index in [4.69, 9.17) is 42.6 Å². The van der Waals surface area contributed by atoms with Gasteiger partial charge in [0.2, 0.25) is 0 Å². The molecule has 0 aliphatic rings. The maximum Gasteiger partial charge on any atom is 0.409 e. The minimum Gasteiger partial charge on any atom is -0.422 e. The van der Waals surface area contributed by atoms with Crippen molar-refractivity contribution in [3.63, 3.8) is 0 Å². The average molecular weight is 1010 g/mol. The molecule has 0 aliphatic heterocycles. The van der Waals surface area contributed by atoms with Crippen molar-refractivity contribution in [3.8, 4) is 0 Å². The van der Waals surface area contributed by atoms with Gasteiger partial charge in [-0.15, -0.1) is 0 Å². The number of alkyl carbamates (subject to hydrolysis) is 4. The highest BCUT2D eigenvalue weighted by molar-refractivity contribution is 8.72. The van der Waals surface area contributed by atoms with Gasteiger partial charge >= 0.3 is 24.4 Å². The molecule has 0 aliphatic carbocycles. The van der Waals surface area contributed by atoms with E-state index in [-0.39, 0.29) is 75.6 Å². The van der Waals surface area contributed by atoms with Crippen molar-refractivity contribution in [1.29, 1.82) is 0 Å². The van der Waals surface area contributed by atoms with E-state index in [1.807, 2.05) is 0 Å². The van der Waals surface area contributed by atoms with E-state index < -0.39 is 99.2 Å². The maximum absolute atomic E-state index is 12.0. The predicted octanol–water partition coefficient (Wildman–Crippen LogP) is -0.687. The normalized spacial score (nSPS) is 13.1. The van der Waals surface area contributed by atoms with Crippen molar-refractivity contribution in [2.45, 2.75) is 12.2 Å². The summed E-state index contributed by atoms with van der Waals surface area (Å²) in [6.45, 7) is -3.70. The van der Waals surface area contributed by atoms with Crippen LogP contribution in [0.3, 0.4) is 0 Å². The third-order valence-corrected chi connectivity index (χ3v) is 15.8. The van der Waals surface area contributed by atoms with E-state index in [9.17, 15) is 52.8 Å². The number of carbonyl (C=O) groups is 4. The topological polar surface area (TPSA) is 336 Å². The molecule has 0 radical (unpaired) electrons. The van der Waals surface area contributed by atoms with Crippen LogP contribution in [0, 0.1) is 0 Å². The lowest BCUT2D eigenvalue weighted by Crippen LogP contribution is -2.34. The van der Waals surface area contributed by atoms with E-state index in [1.165, 1.54) is 0 Å². The molecule has 2 atom stereocenters. The Morgan fingerprint density at radius 3 is 0.898 bits per heavy atom. The van der Waals surface area contributed by atoms with Crippen LogP contribution >= 0.6 is 43.2 Å². The Labute approximate surface area is 357 Å². The zero-order valence-electron chi connectivity index (χ0n) is 32.3. The van der Waals surface area contributed by atoms with E-state index in [2.05, 4.69) is 21.3 Å². The van der Waals surface area contributed by atoms with Crippen molar-refractivity contribution in [2.24, 2.45) is 0 Å². The summed E-state index contributed by atoms with van der Waals surface area (Å²) in [5.74, 6) is 0.263. The zero-order chi connectivity index (χ0) is 44.8. The third-order valence-electron chi connectivity index (χ3n) is 5.42. The standard InChI is InChI=1S/C26H50N4O21S8/c1-56(35,36)52-9-5-27-23(31)48-17-44-15-21(46-19-50-25(33)29-7-11-54-58(3,39)40)13-43-14-22(47-20-51-26(34)30-8-12-55-59(4,41)42)16-45-18-49-24(32)28-6-10-53-57(2,37)38/h21-22H,5-20H2,1-4H3,(H,27,31)(H,28,32)(H,29,33)(H,30,34). The van der Waals surface area contributed by atoms with Crippen LogP contribution in [0.5, 0.6) is 0 Å². The lowest BCUT2D eigenvalue weighted by molar-refractivity contribution is -0.150. The van der Waals surface area contributed by atoms with Gasteiger partial charge in [0.1, 0.15) is 12.2 Å². The summed E-state index contributed by atoms with van der Waals surface area (Å²) in [6.07, 6.45) is -1.60. The second kappa shape index (κ2) is 31.9. The molecule has 0 spiro atoms. The monoisotopic (exact) mass is 1010 g/mol. The highest BCUT2D eigenvalue weighted by Gasteiger charge is 2.18. The summed E-state index contributed by atoms with van der Waals surface area (Å²) >= 11 is 0. The largest absolute Gasteiger partial charge is 0.422 e. The molecule has 0 bridgehead atoms. The minimum atomic E-state index is -3.31. The van der Waals surface area contributed by atoms with Gasteiger partial charge in [0.25, 0.3) is 0 Å². The van der Waals surface area contributed by atoms with Gasteiger partial charge in [-0.05, 0) is 43.2 Å². The quantitative estimate of drug-likeness (QED) is 0.0268. The first kappa shape index (κ1) is 57.1. The first-order chi connectivity index (χ1) is 27.4. The van der Waals surface area contributed by atoms with Crippen LogP contribution < -0.4 is 21.3 Å². The smallest absolute Gasteiger partial charge is 0.409 e. The van der Waals surface area contributed by atoms with Crippen LogP contribution in [0.25, 0.3) is 0 Å². The number of hydrogen-bond acceptors (Lipinski definition) is 25. The van der Waals surface area contributed by atoms with Crippen LogP contribution in [-0.2, 0) is 78.1 Å². The molecule has 348 valence electrons. The summed E-state index contributed by atoms with van der Waals surface area (Å²) < 4.78 is 137. The van der Waals surface area contributed by atoms with Gasteiger partial charge in [0.05, 0.1) is 26.4 Å². The number of amides is 4. The lowest BCUT2D eigenvalue weighted by atomic mass is 10.4. The minimum absolute atomic E-state index is 0.0123. The molecule has 0 aromatic carbocycles. The molecular formula is C26H50N4O21S8. The molecule has 0 aromatic heterocycles. The lowest BCUT2D eigenvalue weighted by Gasteiger charge is -2.21. The summed E-state index contributed by atoms with van der Waals surface area (Å²) in [4.78, 5) is 47.7. The van der Waals surface area contributed by atoms with E-state index in [1.54, 1.807) is 0 Å². The Morgan fingerprint density at radius 1 is 0.407 bits per heavy atom. The van der Waals surface area contributed by atoms with E-state index in [0.29, 0.717) is 43.2 Å². The fourth-order valence-corrected chi connectivity index (χ4v) is 9.71. The number of ether oxygens (including phenoxy) is 9. The summed E-state index contributed by atoms with van der Waals surface area (Å²) in [5.41, 5.74) is 0. The van der Waals surface area contributed by atoms with Gasteiger partial charge in [0.15, 0.2) is 62.6 Å². The molecule has 4 amide bonds. The molecule has 0 saturated carbocycles. The van der Waals surface area contributed by atoms with Gasteiger partial charge < -0.3 is 63.9 Å². The Balaban J connectivity index is 5.23. The van der Waals surface area contributed by atoms with Crippen molar-refractivity contribution in [3.05, 3.63) is 0 Å². The Kier molecular flexibility index (Phi) is 30.8. The number of rotatable bonds is 34. The molecule has 25 nitrogen and oxygen atoms in total. The molecule has 33 heteroatoms. The number of carbonyl (C=O) groups excluding carboxylic acids is 4. The molecule has 0 saturated heterocycles. The molecule has 2 unspecified atom stereocenters. The number of hydrogen-bond donors (Lipinski definition) is 4. The Morgan fingerprint density at radius 2 is 0.644 bits per heavy atom. The van der Waals surface area contributed by atoms with Crippen molar-refractivity contribution >= 4 is 103 Å². The second-order valence-corrected chi connectivity index (χ2v) is 29.2. The summed E-state index contributed by atoms with van der Waals surface area (Å²) in [7, 11) is -10.7. The van der Waals surface area contributed by atoms with Crippen LogP contribution in [0.15, 0.2) is 0 Å². The molecule has 0 aromatic rings. The first-order valence-corrected chi connectivity index (χ1v) is 30.0.